The fourth-order valence-electron chi connectivity index (χ4n) is 4.59. The summed E-state index contributed by atoms with van der Waals surface area (Å²) < 4.78 is 12.6. The zero-order valence-electron chi connectivity index (χ0n) is 16.7. The monoisotopic (exact) mass is 443 g/mol. The molecule has 1 aliphatic heterocycles. The number of methoxy groups -OCH3 is 1. The minimum Gasteiger partial charge on any atom is -0.497 e. The van der Waals surface area contributed by atoms with Crippen LogP contribution in [0.1, 0.15) is 43.5 Å². The summed E-state index contributed by atoms with van der Waals surface area (Å²) in [6, 6.07) is 14.3. The topological polar surface area (TPSA) is 38.8 Å². The molecule has 1 saturated heterocycles. The maximum atomic E-state index is 13.6. The molecule has 5 heteroatoms. The van der Waals surface area contributed by atoms with Gasteiger partial charge in [0.05, 0.1) is 19.3 Å². The molecule has 0 bridgehead atoms. The Hall–Kier alpha value is -1.85. The van der Waals surface area contributed by atoms with Gasteiger partial charge in [0.15, 0.2) is 0 Å². The largest absolute Gasteiger partial charge is 0.497 e. The Balaban J connectivity index is 1.59. The SMILES string of the molecule is COc1ccc(CC(C)C(=O)N2[C@@H]3c4ccccc4C[C@@H]3OC2(C)C)c(Br)c1. The number of carbonyl (C=O) groups excluding carboxylic acids is 1. The molecule has 28 heavy (non-hydrogen) atoms. The first kappa shape index (κ1) is 19.5. The van der Waals surface area contributed by atoms with Gasteiger partial charge in [-0.15, -0.1) is 0 Å². The number of benzene rings is 2. The molecule has 1 unspecified atom stereocenters. The van der Waals surface area contributed by atoms with E-state index in [0.29, 0.717) is 6.42 Å². The number of halogens is 1. The molecule has 4 nitrogen and oxygen atoms in total. The van der Waals surface area contributed by atoms with Gasteiger partial charge in [-0.2, -0.15) is 0 Å². The van der Waals surface area contributed by atoms with Crippen LogP contribution < -0.4 is 4.74 Å². The second kappa shape index (κ2) is 7.20. The molecule has 0 saturated carbocycles. The molecule has 0 spiro atoms. The van der Waals surface area contributed by atoms with Crippen LogP contribution >= 0.6 is 15.9 Å². The molecular weight excluding hydrogens is 418 g/mol. The van der Waals surface area contributed by atoms with E-state index in [4.69, 9.17) is 9.47 Å². The van der Waals surface area contributed by atoms with Crippen molar-refractivity contribution < 1.29 is 14.3 Å². The highest BCUT2D eigenvalue weighted by atomic mass is 79.9. The van der Waals surface area contributed by atoms with Crippen LogP contribution in [0.2, 0.25) is 0 Å². The summed E-state index contributed by atoms with van der Waals surface area (Å²) in [5.41, 5.74) is 3.01. The van der Waals surface area contributed by atoms with Crippen molar-refractivity contribution in [2.75, 3.05) is 7.11 Å². The molecule has 0 N–H and O–H groups in total. The molecular formula is C23H26BrNO3. The summed E-state index contributed by atoms with van der Waals surface area (Å²) in [4.78, 5) is 15.5. The minimum atomic E-state index is -0.606. The van der Waals surface area contributed by atoms with Crippen LogP contribution in [-0.2, 0) is 22.4 Å². The van der Waals surface area contributed by atoms with Crippen LogP contribution in [0.15, 0.2) is 46.9 Å². The van der Waals surface area contributed by atoms with Gasteiger partial charge in [-0.25, -0.2) is 0 Å². The van der Waals surface area contributed by atoms with Crippen molar-refractivity contribution in [3.8, 4) is 5.75 Å². The Morgan fingerprint density at radius 2 is 2.07 bits per heavy atom. The second-order valence-electron chi connectivity index (χ2n) is 8.22. The van der Waals surface area contributed by atoms with Crippen molar-refractivity contribution in [3.63, 3.8) is 0 Å². The number of carbonyl (C=O) groups is 1. The maximum Gasteiger partial charge on any atom is 0.228 e. The highest BCUT2D eigenvalue weighted by Gasteiger charge is 2.53. The van der Waals surface area contributed by atoms with Gasteiger partial charge in [0.25, 0.3) is 0 Å². The van der Waals surface area contributed by atoms with Crippen LogP contribution in [0.4, 0.5) is 0 Å². The lowest BCUT2D eigenvalue weighted by Crippen LogP contribution is -2.47. The molecule has 148 valence electrons. The Morgan fingerprint density at radius 3 is 2.79 bits per heavy atom. The first-order valence-electron chi connectivity index (χ1n) is 9.73. The fourth-order valence-corrected chi connectivity index (χ4v) is 5.11. The first-order chi connectivity index (χ1) is 13.3. The maximum absolute atomic E-state index is 13.6. The number of hydrogen-bond donors (Lipinski definition) is 0. The third-order valence-corrected chi connectivity index (χ3v) is 6.63. The fraction of sp³-hybridized carbons (Fsp3) is 0.435. The van der Waals surface area contributed by atoms with E-state index < -0.39 is 5.72 Å². The molecule has 2 aromatic carbocycles. The number of amides is 1. The zero-order chi connectivity index (χ0) is 20.1. The van der Waals surface area contributed by atoms with Gasteiger partial charge in [0, 0.05) is 16.8 Å². The number of nitrogens with zero attached hydrogens (tertiary/aromatic N) is 1. The van der Waals surface area contributed by atoms with Crippen LogP contribution in [0.3, 0.4) is 0 Å². The number of rotatable bonds is 4. The highest BCUT2D eigenvalue weighted by Crippen LogP contribution is 2.48. The predicted molar refractivity (Wildman–Crippen MR) is 112 cm³/mol. The van der Waals surface area contributed by atoms with Crippen LogP contribution in [0.5, 0.6) is 5.75 Å². The first-order valence-corrected chi connectivity index (χ1v) is 10.5. The molecule has 4 rings (SSSR count). The van der Waals surface area contributed by atoms with Crippen molar-refractivity contribution in [2.24, 2.45) is 5.92 Å². The van der Waals surface area contributed by atoms with Gasteiger partial charge in [0.2, 0.25) is 5.91 Å². The molecule has 0 radical (unpaired) electrons. The summed E-state index contributed by atoms with van der Waals surface area (Å²) in [5, 5.41) is 0. The number of ether oxygens (including phenoxy) is 2. The predicted octanol–water partition coefficient (Wildman–Crippen LogP) is 4.90. The smallest absolute Gasteiger partial charge is 0.228 e. The average molecular weight is 444 g/mol. The van der Waals surface area contributed by atoms with Crippen molar-refractivity contribution in [1.82, 2.24) is 4.90 Å². The van der Waals surface area contributed by atoms with E-state index in [-0.39, 0.29) is 24.0 Å². The lowest BCUT2D eigenvalue weighted by Gasteiger charge is -2.36. The zero-order valence-corrected chi connectivity index (χ0v) is 18.3. The van der Waals surface area contributed by atoms with E-state index in [2.05, 4.69) is 34.1 Å². The third kappa shape index (κ3) is 3.25. The Bertz CT molecular complexity index is 910. The summed E-state index contributed by atoms with van der Waals surface area (Å²) in [6.07, 6.45) is 1.57. The van der Waals surface area contributed by atoms with Gasteiger partial charge in [-0.1, -0.05) is 53.2 Å². The summed E-state index contributed by atoms with van der Waals surface area (Å²) in [6.45, 7) is 6.01. The summed E-state index contributed by atoms with van der Waals surface area (Å²) in [7, 11) is 1.65. The molecule has 1 fully saturated rings. The van der Waals surface area contributed by atoms with Crippen molar-refractivity contribution in [3.05, 3.63) is 63.6 Å². The molecule has 2 aromatic rings. The van der Waals surface area contributed by atoms with E-state index in [1.807, 2.05) is 49.9 Å². The van der Waals surface area contributed by atoms with Gasteiger partial charge in [-0.05, 0) is 49.1 Å². The van der Waals surface area contributed by atoms with Crippen LogP contribution in [0.25, 0.3) is 0 Å². The Kier molecular flexibility index (Phi) is 5.00. The lowest BCUT2D eigenvalue weighted by molar-refractivity contribution is -0.151. The molecule has 0 aromatic heterocycles. The Labute approximate surface area is 175 Å². The van der Waals surface area contributed by atoms with Gasteiger partial charge < -0.3 is 14.4 Å². The molecule has 2 aliphatic rings. The summed E-state index contributed by atoms with van der Waals surface area (Å²) >= 11 is 3.61. The second-order valence-corrected chi connectivity index (χ2v) is 9.08. The van der Waals surface area contributed by atoms with Crippen LogP contribution in [-0.4, -0.2) is 29.7 Å². The summed E-state index contributed by atoms with van der Waals surface area (Å²) in [5.74, 6) is 0.782. The Morgan fingerprint density at radius 1 is 1.32 bits per heavy atom. The molecule has 3 atom stereocenters. The highest BCUT2D eigenvalue weighted by molar-refractivity contribution is 9.10. The van der Waals surface area contributed by atoms with Gasteiger partial charge >= 0.3 is 0 Å². The van der Waals surface area contributed by atoms with Crippen molar-refractivity contribution in [1.29, 1.82) is 0 Å². The third-order valence-electron chi connectivity index (χ3n) is 5.89. The normalized spacial score (nSPS) is 23.2. The molecule has 1 amide bonds. The molecule has 1 heterocycles. The number of fused-ring (bicyclic) bond motifs is 3. The number of hydrogen-bond acceptors (Lipinski definition) is 3. The van der Waals surface area contributed by atoms with Gasteiger partial charge in [-0.3, -0.25) is 4.79 Å². The van der Waals surface area contributed by atoms with Crippen LogP contribution in [0, 0.1) is 5.92 Å². The van der Waals surface area contributed by atoms with Crippen molar-refractivity contribution in [2.45, 2.75) is 51.5 Å². The van der Waals surface area contributed by atoms with E-state index in [1.54, 1.807) is 7.11 Å². The lowest BCUT2D eigenvalue weighted by atomic mass is 9.97. The minimum absolute atomic E-state index is 0.000424. The van der Waals surface area contributed by atoms with Crippen molar-refractivity contribution >= 4 is 21.8 Å². The van der Waals surface area contributed by atoms with E-state index in [0.717, 1.165) is 22.2 Å². The molecule has 1 aliphatic carbocycles. The average Bonchev–Trinajstić information content (AvgIpc) is 3.12. The van der Waals surface area contributed by atoms with E-state index in [1.165, 1.54) is 11.1 Å². The van der Waals surface area contributed by atoms with Gasteiger partial charge in [0.1, 0.15) is 11.5 Å². The van der Waals surface area contributed by atoms with E-state index >= 15 is 0 Å². The quantitative estimate of drug-likeness (QED) is 0.674. The standard InChI is InChI=1S/C23H26BrNO3/c1-14(11-16-9-10-17(27-4)13-19(16)24)22(26)25-21-18-8-6-5-7-15(18)12-20(21)28-23(25,2)3/h5-10,13-14,20-21H,11-12H2,1-4H3/t14?,20-,21+/m0/s1. The van der Waals surface area contributed by atoms with E-state index in [9.17, 15) is 4.79 Å².